The average Bonchev–Trinajstić information content (AvgIpc) is 2.98. The van der Waals surface area contributed by atoms with E-state index in [9.17, 15) is 4.79 Å². The second-order valence-corrected chi connectivity index (χ2v) is 12.7. The molecule has 4 heteroatoms. The molecule has 0 saturated carbocycles. The summed E-state index contributed by atoms with van der Waals surface area (Å²) in [6, 6.07) is 50.6. The molecule has 0 aliphatic rings. The topological polar surface area (TPSA) is 29.1 Å². The number of carbonyl (C=O) groups excluding carboxylic acids is 1. The zero-order valence-corrected chi connectivity index (χ0v) is 22.0. The van der Waals surface area contributed by atoms with Crippen molar-refractivity contribution in [2.24, 2.45) is 0 Å². The third-order valence-electron chi connectivity index (χ3n) is 6.47. The molecule has 5 aromatic rings. The maximum atomic E-state index is 14.6. The third kappa shape index (κ3) is 5.02. The fourth-order valence-electron chi connectivity index (χ4n) is 4.85. The van der Waals surface area contributed by atoms with Gasteiger partial charge in [0, 0.05) is 11.3 Å². The molecule has 0 aliphatic carbocycles. The summed E-state index contributed by atoms with van der Waals surface area (Å²) in [6.07, 6.45) is 0. The molecule has 0 aliphatic heterocycles. The Balaban J connectivity index is 1.83. The zero-order chi connectivity index (χ0) is 25.5. The molecule has 1 unspecified atom stereocenters. The molecule has 2 nitrogen and oxygen atoms in total. The normalized spacial score (nSPS) is 11.9. The van der Waals surface area contributed by atoms with Crippen LogP contribution in [0, 0.1) is 0 Å². The lowest BCUT2D eigenvalue weighted by atomic mass is 10.1. The highest BCUT2D eigenvalue weighted by Gasteiger charge is 2.57. The lowest BCUT2D eigenvalue weighted by Gasteiger charge is -2.34. The molecule has 0 aromatic heterocycles. The van der Waals surface area contributed by atoms with Gasteiger partial charge >= 0.3 is 0 Å². The molecule has 0 fully saturated rings. The fourth-order valence-corrected chi connectivity index (χ4v) is 10.2. The molecule has 5 rings (SSSR count). The van der Waals surface area contributed by atoms with Gasteiger partial charge in [0.2, 0.25) is 5.78 Å². The minimum absolute atomic E-state index is 0.0129. The number of hydrogen-bond acceptors (Lipinski definition) is 2. The van der Waals surface area contributed by atoms with Gasteiger partial charge in [-0.3, -0.25) is 4.79 Å². The summed E-state index contributed by atoms with van der Waals surface area (Å²) in [5.74, 6) is 0.0129. The highest BCUT2D eigenvalue weighted by molar-refractivity contribution is 7.99. The summed E-state index contributed by atoms with van der Waals surface area (Å²) in [5.41, 5.74) is 0.903. The van der Waals surface area contributed by atoms with E-state index in [-0.39, 0.29) is 5.78 Å². The quantitative estimate of drug-likeness (QED) is 0.142. The van der Waals surface area contributed by atoms with Crippen LogP contribution in [0.5, 0.6) is 0 Å². The summed E-state index contributed by atoms with van der Waals surface area (Å²) in [5, 5.41) is 6.78. The first-order valence-electron chi connectivity index (χ1n) is 12.2. The Morgan fingerprint density at radius 1 is 0.541 bits per heavy atom. The highest BCUT2D eigenvalue weighted by atomic mass is 32.1. The van der Waals surface area contributed by atoms with Crippen molar-refractivity contribution in [2.75, 3.05) is 5.32 Å². The SMILES string of the molecule is O=C(c1ccccc1)C(C(=S)Nc1ccccc1)[P+](c1ccccc1)(c1ccccc1)c1ccccc1. The first-order valence-corrected chi connectivity index (χ1v) is 14.5. The van der Waals surface area contributed by atoms with Gasteiger partial charge < -0.3 is 5.32 Å². The Kier molecular flexibility index (Phi) is 7.65. The number of carbonyl (C=O) groups is 1. The van der Waals surface area contributed by atoms with E-state index >= 15 is 0 Å². The van der Waals surface area contributed by atoms with E-state index in [4.69, 9.17) is 12.2 Å². The number of anilines is 1. The van der Waals surface area contributed by atoms with Gasteiger partial charge in [0.15, 0.2) is 5.66 Å². The molecule has 1 atom stereocenters. The van der Waals surface area contributed by atoms with Crippen LogP contribution in [0.1, 0.15) is 10.4 Å². The molecule has 37 heavy (non-hydrogen) atoms. The van der Waals surface area contributed by atoms with Gasteiger partial charge in [-0.1, -0.05) is 115 Å². The first-order chi connectivity index (χ1) is 18.2. The number of para-hydroxylation sites is 1. The maximum absolute atomic E-state index is 14.6. The summed E-state index contributed by atoms with van der Waals surface area (Å²) >= 11 is 6.18. The number of nitrogens with one attached hydrogen (secondary N) is 1. The van der Waals surface area contributed by atoms with Gasteiger partial charge in [0.25, 0.3) is 0 Å². The maximum Gasteiger partial charge on any atom is 0.211 e. The predicted molar refractivity (Wildman–Crippen MR) is 162 cm³/mol. The Morgan fingerprint density at radius 3 is 1.30 bits per heavy atom. The zero-order valence-electron chi connectivity index (χ0n) is 20.3. The number of thiocarbonyl (C=S) groups is 1. The van der Waals surface area contributed by atoms with E-state index in [2.05, 4.69) is 41.7 Å². The van der Waals surface area contributed by atoms with Crippen LogP contribution in [0.25, 0.3) is 0 Å². The van der Waals surface area contributed by atoms with Crippen LogP contribution in [0.15, 0.2) is 152 Å². The molecular formula is C33H27NOPS+. The van der Waals surface area contributed by atoms with Gasteiger partial charge in [0.1, 0.15) is 28.2 Å². The van der Waals surface area contributed by atoms with Crippen LogP contribution in [0.4, 0.5) is 5.69 Å². The highest BCUT2D eigenvalue weighted by Crippen LogP contribution is 2.61. The molecule has 0 heterocycles. The van der Waals surface area contributed by atoms with Crippen LogP contribution in [0.2, 0.25) is 0 Å². The van der Waals surface area contributed by atoms with Crippen LogP contribution in [0.3, 0.4) is 0 Å². The van der Waals surface area contributed by atoms with E-state index in [0.29, 0.717) is 10.6 Å². The second-order valence-electron chi connectivity index (χ2n) is 8.72. The lowest BCUT2D eigenvalue weighted by Crippen LogP contribution is -2.47. The van der Waals surface area contributed by atoms with Crippen molar-refractivity contribution in [1.82, 2.24) is 0 Å². The van der Waals surface area contributed by atoms with E-state index in [1.54, 1.807) is 0 Å². The lowest BCUT2D eigenvalue weighted by molar-refractivity contribution is 0.100. The fraction of sp³-hybridized carbons (Fsp3) is 0.0303. The van der Waals surface area contributed by atoms with E-state index in [0.717, 1.165) is 21.6 Å². The molecule has 0 spiro atoms. The van der Waals surface area contributed by atoms with E-state index < -0.39 is 12.9 Å². The minimum atomic E-state index is -2.63. The third-order valence-corrected chi connectivity index (χ3v) is 11.6. The molecule has 180 valence electrons. The van der Waals surface area contributed by atoms with Gasteiger partial charge in [-0.15, -0.1) is 0 Å². The molecule has 1 N–H and O–H groups in total. The molecule has 0 bridgehead atoms. The molecule has 0 radical (unpaired) electrons. The number of rotatable bonds is 8. The largest absolute Gasteiger partial charge is 0.346 e. The van der Waals surface area contributed by atoms with Gasteiger partial charge in [-0.25, -0.2) is 0 Å². The Hall–Kier alpha value is -3.91. The van der Waals surface area contributed by atoms with Crippen LogP contribution < -0.4 is 21.2 Å². The smallest absolute Gasteiger partial charge is 0.211 e. The average molecular weight is 517 g/mol. The summed E-state index contributed by atoms with van der Waals surface area (Å²) < 4.78 is 0. The van der Waals surface area contributed by atoms with E-state index in [1.165, 1.54) is 0 Å². The number of hydrogen-bond donors (Lipinski definition) is 1. The predicted octanol–water partition coefficient (Wildman–Crippen LogP) is 6.67. The second kappa shape index (κ2) is 11.4. The summed E-state index contributed by atoms with van der Waals surface area (Å²) in [4.78, 5) is 15.2. The Bertz CT molecular complexity index is 1360. The van der Waals surface area contributed by atoms with Crippen LogP contribution in [-0.2, 0) is 0 Å². The standard InChI is InChI=1S/C33H26NOPS/c35-31(26-16-6-1-7-17-26)32(33(37)34-27-18-8-2-9-19-27)36(28-20-10-3-11-21-28,29-22-12-4-13-23-29)30-24-14-5-15-25-30/h1-25,32H/p+1. The summed E-state index contributed by atoms with van der Waals surface area (Å²) in [6.45, 7) is 0. The Labute approximate surface area is 224 Å². The van der Waals surface area contributed by atoms with Gasteiger partial charge in [0.05, 0.1) is 0 Å². The molecule has 0 saturated heterocycles. The number of ketones is 1. The summed E-state index contributed by atoms with van der Waals surface area (Å²) in [7, 11) is -2.63. The van der Waals surface area contributed by atoms with Crippen molar-refractivity contribution in [1.29, 1.82) is 0 Å². The molecule has 0 amide bonds. The van der Waals surface area contributed by atoms with Crippen molar-refractivity contribution in [3.8, 4) is 0 Å². The Morgan fingerprint density at radius 2 is 0.892 bits per heavy atom. The van der Waals surface area contributed by atoms with Crippen molar-refractivity contribution >= 4 is 51.9 Å². The van der Waals surface area contributed by atoms with E-state index in [1.807, 2.05) is 115 Å². The van der Waals surface area contributed by atoms with Crippen LogP contribution >= 0.6 is 19.5 Å². The van der Waals surface area contributed by atoms with Crippen molar-refractivity contribution in [3.63, 3.8) is 0 Å². The van der Waals surface area contributed by atoms with Gasteiger partial charge in [-0.2, -0.15) is 0 Å². The van der Waals surface area contributed by atoms with Crippen LogP contribution in [-0.4, -0.2) is 16.4 Å². The number of Topliss-reactive ketones (excluding diaryl/α,β-unsaturated/α-hetero) is 1. The van der Waals surface area contributed by atoms with Crippen molar-refractivity contribution in [3.05, 3.63) is 157 Å². The van der Waals surface area contributed by atoms with Crippen molar-refractivity contribution in [2.45, 2.75) is 5.66 Å². The van der Waals surface area contributed by atoms with Crippen molar-refractivity contribution < 1.29 is 4.79 Å². The first kappa shape index (κ1) is 24.8. The monoisotopic (exact) mass is 516 g/mol. The molecule has 5 aromatic carbocycles. The number of benzene rings is 5. The minimum Gasteiger partial charge on any atom is -0.346 e. The van der Waals surface area contributed by atoms with Gasteiger partial charge in [-0.05, 0) is 48.5 Å². The molecular weight excluding hydrogens is 489 g/mol.